The van der Waals surface area contributed by atoms with E-state index in [4.69, 9.17) is 33.2 Å². The zero-order valence-corrected chi connectivity index (χ0v) is 23.0. The van der Waals surface area contributed by atoms with Crippen molar-refractivity contribution in [3.63, 3.8) is 0 Å². The van der Waals surface area contributed by atoms with E-state index in [2.05, 4.69) is 25.2 Å². The van der Waals surface area contributed by atoms with Crippen molar-refractivity contribution in [2.75, 3.05) is 4.90 Å². The molecule has 38 heavy (non-hydrogen) atoms. The molecular weight excluding hydrogens is 515 g/mol. The fraction of sp³-hybridized carbons (Fsp3) is 0.194. The van der Waals surface area contributed by atoms with Crippen molar-refractivity contribution in [1.29, 1.82) is 0 Å². The topological polar surface area (TPSA) is 58.1 Å². The van der Waals surface area contributed by atoms with Crippen LogP contribution in [0.4, 0.5) is 11.5 Å². The minimum absolute atomic E-state index is 0.130. The Kier molecular flexibility index (Phi) is 7.50. The average Bonchev–Trinajstić information content (AvgIpc) is 3.23. The number of rotatable bonds is 6. The molecule has 0 saturated heterocycles. The van der Waals surface area contributed by atoms with E-state index in [0.717, 1.165) is 45.3 Å². The van der Waals surface area contributed by atoms with Crippen molar-refractivity contribution in [2.45, 2.75) is 39.3 Å². The molecule has 1 amide bonds. The van der Waals surface area contributed by atoms with Gasteiger partial charge in [-0.25, -0.2) is 9.97 Å². The van der Waals surface area contributed by atoms with Crippen LogP contribution in [0.3, 0.4) is 0 Å². The smallest absolute Gasteiger partial charge is 0.248 e. The van der Waals surface area contributed by atoms with Gasteiger partial charge in [0.25, 0.3) is 0 Å². The summed E-state index contributed by atoms with van der Waals surface area (Å²) in [6.45, 7) is 6.50. The molecule has 7 heteroatoms. The van der Waals surface area contributed by atoms with Gasteiger partial charge in [-0.05, 0) is 66.1 Å². The number of anilines is 2. The fourth-order valence-corrected chi connectivity index (χ4v) is 4.90. The molecule has 1 unspecified atom stereocenters. The van der Waals surface area contributed by atoms with Gasteiger partial charge in [-0.2, -0.15) is 0 Å². The molecule has 1 aliphatic rings. The Labute approximate surface area is 233 Å². The van der Waals surface area contributed by atoms with E-state index >= 15 is 0 Å². The summed E-state index contributed by atoms with van der Waals surface area (Å²) in [6, 6.07) is 24.3. The summed E-state index contributed by atoms with van der Waals surface area (Å²) >= 11 is 12.3. The van der Waals surface area contributed by atoms with E-state index in [9.17, 15) is 4.79 Å². The number of halogens is 2. The molecule has 5 nitrogen and oxygen atoms in total. The number of carbonyl (C=O) groups excluding carboxylic acids is 1. The zero-order valence-electron chi connectivity index (χ0n) is 21.5. The number of fused-ring (bicyclic) bond motifs is 1. The summed E-state index contributed by atoms with van der Waals surface area (Å²) in [5.41, 5.74) is 5.35. The van der Waals surface area contributed by atoms with E-state index in [1.165, 1.54) is 0 Å². The molecule has 3 aromatic carbocycles. The predicted octanol–water partition coefficient (Wildman–Crippen LogP) is 7.59. The number of nitrogens with zero attached hydrogens (tertiary/aromatic N) is 3. The molecule has 4 aromatic rings. The van der Waals surface area contributed by atoms with Crippen LogP contribution >= 0.6 is 23.2 Å². The molecule has 192 valence electrons. The standard InChI is InChI=1S/C31H28Cl2N4O/c1-19(2)29-35-20(3)27-26(17-21-7-5-4-6-8-21)28(31(38)34-18-22-9-11-23(32)12-10-22)37(30(27)36-29)25-15-13-24(33)14-16-25/h4-17,19,28H,18H2,1-3H3,(H,34,38)/b26-17+. The third kappa shape index (κ3) is 5.31. The SMILES string of the molecule is Cc1nc(C(C)C)nc2c1/C(=C\c1ccccc1)C(C(=O)NCc1ccc(Cl)cc1)N2c1ccc(Cl)cc1. The van der Waals surface area contributed by atoms with Crippen LogP contribution in [0, 0.1) is 6.92 Å². The second-order valence-corrected chi connectivity index (χ2v) is 10.5. The Morgan fingerprint density at radius 1 is 0.947 bits per heavy atom. The van der Waals surface area contributed by atoms with Crippen molar-refractivity contribution < 1.29 is 4.79 Å². The molecule has 0 bridgehead atoms. The van der Waals surface area contributed by atoms with Crippen molar-refractivity contribution in [3.05, 3.63) is 117 Å². The first-order valence-corrected chi connectivity index (χ1v) is 13.3. The van der Waals surface area contributed by atoms with Gasteiger partial charge in [0.1, 0.15) is 17.7 Å². The molecule has 0 spiro atoms. The normalized spacial score (nSPS) is 15.7. The molecule has 1 aliphatic heterocycles. The van der Waals surface area contributed by atoms with Gasteiger partial charge >= 0.3 is 0 Å². The lowest BCUT2D eigenvalue weighted by Gasteiger charge is -2.27. The van der Waals surface area contributed by atoms with Crippen molar-refractivity contribution in [2.24, 2.45) is 0 Å². The van der Waals surface area contributed by atoms with E-state index in [0.29, 0.717) is 16.6 Å². The maximum Gasteiger partial charge on any atom is 0.248 e. The van der Waals surface area contributed by atoms with E-state index in [1.54, 1.807) is 0 Å². The first-order valence-electron chi connectivity index (χ1n) is 12.5. The minimum atomic E-state index is -0.658. The summed E-state index contributed by atoms with van der Waals surface area (Å²) in [5, 5.41) is 4.42. The van der Waals surface area contributed by atoms with Crippen molar-refractivity contribution in [3.8, 4) is 0 Å². The number of nitrogens with one attached hydrogen (secondary N) is 1. The third-order valence-corrected chi connectivity index (χ3v) is 7.03. The van der Waals surface area contributed by atoms with Crippen LogP contribution in [0.1, 0.15) is 48.0 Å². The lowest BCUT2D eigenvalue weighted by Crippen LogP contribution is -2.42. The Hall–Kier alpha value is -3.67. The minimum Gasteiger partial charge on any atom is -0.350 e. The molecule has 1 aromatic heterocycles. The number of amides is 1. The lowest BCUT2D eigenvalue weighted by atomic mass is 9.98. The van der Waals surface area contributed by atoms with Gasteiger partial charge in [0.2, 0.25) is 5.91 Å². The largest absolute Gasteiger partial charge is 0.350 e. The molecule has 2 heterocycles. The van der Waals surface area contributed by atoms with Crippen LogP contribution in [-0.2, 0) is 11.3 Å². The summed E-state index contributed by atoms with van der Waals surface area (Å²) < 4.78 is 0. The number of carbonyl (C=O) groups is 1. The highest BCUT2D eigenvalue weighted by molar-refractivity contribution is 6.30. The Morgan fingerprint density at radius 3 is 2.21 bits per heavy atom. The van der Waals surface area contributed by atoms with E-state index < -0.39 is 6.04 Å². The molecule has 0 saturated carbocycles. The summed E-state index contributed by atoms with van der Waals surface area (Å²) in [6.07, 6.45) is 2.06. The average molecular weight is 543 g/mol. The number of aryl methyl sites for hydroxylation is 1. The highest BCUT2D eigenvalue weighted by Gasteiger charge is 2.42. The third-order valence-electron chi connectivity index (χ3n) is 6.53. The highest BCUT2D eigenvalue weighted by Crippen LogP contribution is 2.46. The lowest BCUT2D eigenvalue weighted by molar-refractivity contribution is -0.121. The van der Waals surface area contributed by atoms with Crippen LogP contribution < -0.4 is 10.2 Å². The van der Waals surface area contributed by atoms with Crippen LogP contribution in [0.5, 0.6) is 0 Å². The van der Waals surface area contributed by atoms with Crippen molar-refractivity contribution in [1.82, 2.24) is 15.3 Å². The fourth-order valence-electron chi connectivity index (χ4n) is 4.65. The number of hydrogen-bond donors (Lipinski definition) is 1. The Morgan fingerprint density at radius 2 is 1.58 bits per heavy atom. The first kappa shape index (κ1) is 26.0. The molecule has 0 aliphatic carbocycles. The van der Waals surface area contributed by atoms with E-state index in [-0.39, 0.29) is 11.8 Å². The maximum absolute atomic E-state index is 14.0. The number of hydrogen-bond acceptors (Lipinski definition) is 4. The first-order chi connectivity index (χ1) is 18.3. The molecule has 0 radical (unpaired) electrons. The molecule has 5 rings (SSSR count). The van der Waals surface area contributed by atoms with Crippen LogP contribution in [0.25, 0.3) is 11.6 Å². The number of benzene rings is 3. The Balaban J connectivity index is 1.66. The van der Waals surface area contributed by atoms with Crippen molar-refractivity contribution >= 4 is 52.3 Å². The molecule has 0 fully saturated rings. The van der Waals surface area contributed by atoms with Gasteiger partial charge in [0.05, 0.1) is 5.69 Å². The van der Waals surface area contributed by atoms with E-state index in [1.807, 2.05) is 90.7 Å². The second kappa shape index (κ2) is 11.0. The van der Waals surface area contributed by atoms with Crippen LogP contribution in [0.15, 0.2) is 78.9 Å². The molecule has 1 atom stereocenters. The Bertz CT molecular complexity index is 1480. The second-order valence-electron chi connectivity index (χ2n) is 9.62. The summed E-state index contributed by atoms with van der Waals surface area (Å²) in [4.78, 5) is 25.9. The van der Waals surface area contributed by atoms with Gasteiger partial charge in [0, 0.05) is 33.8 Å². The van der Waals surface area contributed by atoms with Gasteiger partial charge in [-0.3, -0.25) is 4.79 Å². The van der Waals surface area contributed by atoms with Gasteiger partial charge < -0.3 is 10.2 Å². The van der Waals surface area contributed by atoms with Crippen LogP contribution in [-0.4, -0.2) is 21.9 Å². The van der Waals surface area contributed by atoms with Gasteiger partial charge in [-0.1, -0.05) is 79.5 Å². The summed E-state index contributed by atoms with van der Waals surface area (Å²) in [7, 11) is 0. The molecular formula is C31H28Cl2N4O. The highest BCUT2D eigenvalue weighted by atomic mass is 35.5. The zero-order chi connectivity index (χ0) is 26.8. The van der Waals surface area contributed by atoms with Gasteiger partial charge in [-0.15, -0.1) is 0 Å². The van der Waals surface area contributed by atoms with Crippen LogP contribution in [0.2, 0.25) is 10.0 Å². The van der Waals surface area contributed by atoms with Gasteiger partial charge in [0.15, 0.2) is 0 Å². The summed E-state index contributed by atoms with van der Waals surface area (Å²) in [5.74, 6) is 1.45. The monoisotopic (exact) mass is 542 g/mol. The maximum atomic E-state index is 14.0. The number of aromatic nitrogens is 2. The predicted molar refractivity (Wildman–Crippen MR) is 156 cm³/mol. The molecule has 1 N–H and O–H groups in total. The quantitative estimate of drug-likeness (QED) is 0.272.